The Balaban J connectivity index is 1.61. The fourth-order valence-corrected chi connectivity index (χ4v) is 3.84. The summed E-state index contributed by atoms with van der Waals surface area (Å²) in [7, 11) is 0. The Morgan fingerprint density at radius 2 is 2.41 bits per heavy atom. The second-order valence-corrected chi connectivity index (χ2v) is 7.52. The highest BCUT2D eigenvalue weighted by molar-refractivity contribution is 7.15. The Morgan fingerprint density at radius 1 is 1.55 bits per heavy atom. The number of amides is 2. The minimum atomic E-state index is -0.102. The van der Waals surface area contributed by atoms with Gasteiger partial charge < -0.3 is 9.64 Å². The molecule has 1 atom stereocenters. The average Bonchev–Trinajstić information content (AvgIpc) is 3.19. The van der Waals surface area contributed by atoms with Crippen molar-refractivity contribution in [3.63, 3.8) is 0 Å². The molecule has 0 saturated carbocycles. The number of urea groups is 1. The van der Waals surface area contributed by atoms with Crippen molar-refractivity contribution in [3.05, 3.63) is 33.5 Å². The van der Waals surface area contributed by atoms with Gasteiger partial charge in [-0.25, -0.2) is 9.78 Å². The van der Waals surface area contributed by atoms with Gasteiger partial charge in [-0.3, -0.25) is 5.32 Å². The minimum absolute atomic E-state index is 0.0259. The van der Waals surface area contributed by atoms with Crippen molar-refractivity contribution in [2.45, 2.75) is 25.9 Å². The number of thiophene rings is 1. The number of nitrogens with one attached hydrogen (secondary N) is 1. The maximum Gasteiger partial charge on any atom is 0.323 e. The largest absolute Gasteiger partial charge is 0.369 e. The van der Waals surface area contributed by atoms with Crippen molar-refractivity contribution in [3.8, 4) is 0 Å². The first kappa shape index (κ1) is 15.5. The van der Waals surface area contributed by atoms with Crippen LogP contribution in [0.5, 0.6) is 0 Å². The number of hydrogen-bond acceptors (Lipinski definition) is 5. The molecule has 1 N–H and O–H groups in total. The zero-order valence-electron chi connectivity index (χ0n) is 12.6. The van der Waals surface area contributed by atoms with Crippen LogP contribution in [0.25, 0.3) is 0 Å². The molecular weight excluding hydrogens is 318 g/mol. The lowest BCUT2D eigenvalue weighted by Crippen LogP contribution is -2.44. The van der Waals surface area contributed by atoms with Gasteiger partial charge in [-0.05, 0) is 17.4 Å². The number of thiazole rings is 1. The van der Waals surface area contributed by atoms with Gasteiger partial charge in [-0.1, -0.05) is 19.9 Å². The highest BCUT2D eigenvalue weighted by Crippen LogP contribution is 2.28. The molecule has 1 aliphatic rings. The number of morpholine rings is 1. The summed E-state index contributed by atoms with van der Waals surface area (Å²) in [5.74, 6) is 0.426. The number of anilines is 1. The lowest BCUT2D eigenvalue weighted by molar-refractivity contribution is -0.0115. The standard InChI is InChI=1S/C15H19N3O2S2/c1-10(2)13-8-16-14(22-13)17-15(19)18-5-6-20-11(9-18)12-4-3-7-21-12/h3-4,7-8,10-11H,5-6,9H2,1-2H3,(H,16,17,19). The summed E-state index contributed by atoms with van der Waals surface area (Å²) in [4.78, 5) is 20.8. The van der Waals surface area contributed by atoms with Gasteiger partial charge in [0, 0.05) is 22.5 Å². The van der Waals surface area contributed by atoms with E-state index in [0.29, 0.717) is 30.7 Å². The Kier molecular flexibility index (Phi) is 4.75. The van der Waals surface area contributed by atoms with Crippen LogP contribution in [0.3, 0.4) is 0 Å². The van der Waals surface area contributed by atoms with Crippen LogP contribution in [0.2, 0.25) is 0 Å². The molecule has 2 aromatic heterocycles. The highest BCUT2D eigenvalue weighted by atomic mass is 32.1. The molecule has 22 heavy (non-hydrogen) atoms. The Hall–Kier alpha value is -1.44. The summed E-state index contributed by atoms with van der Waals surface area (Å²) in [6.07, 6.45) is 1.81. The van der Waals surface area contributed by atoms with Gasteiger partial charge in [0.1, 0.15) is 6.10 Å². The van der Waals surface area contributed by atoms with E-state index < -0.39 is 0 Å². The van der Waals surface area contributed by atoms with Crippen LogP contribution >= 0.6 is 22.7 Å². The van der Waals surface area contributed by atoms with E-state index >= 15 is 0 Å². The molecule has 1 aliphatic heterocycles. The predicted molar refractivity (Wildman–Crippen MR) is 89.8 cm³/mol. The number of carbonyl (C=O) groups is 1. The monoisotopic (exact) mass is 337 g/mol. The number of ether oxygens (including phenoxy) is 1. The van der Waals surface area contributed by atoms with E-state index in [1.54, 1.807) is 16.2 Å². The van der Waals surface area contributed by atoms with Crippen molar-refractivity contribution < 1.29 is 9.53 Å². The summed E-state index contributed by atoms with van der Waals surface area (Å²) in [6.45, 7) is 5.98. The van der Waals surface area contributed by atoms with Crippen molar-refractivity contribution >= 4 is 33.8 Å². The van der Waals surface area contributed by atoms with Crippen LogP contribution in [0.4, 0.5) is 9.93 Å². The molecular formula is C15H19N3O2S2. The Morgan fingerprint density at radius 3 is 3.09 bits per heavy atom. The first-order valence-electron chi connectivity index (χ1n) is 7.30. The topological polar surface area (TPSA) is 54.5 Å². The van der Waals surface area contributed by atoms with Gasteiger partial charge in [0.25, 0.3) is 0 Å². The fourth-order valence-electron chi connectivity index (χ4n) is 2.26. The van der Waals surface area contributed by atoms with Gasteiger partial charge in [0.05, 0.1) is 13.2 Å². The Bertz CT molecular complexity index is 625. The predicted octanol–water partition coefficient (Wildman–Crippen LogP) is 3.93. The zero-order valence-corrected chi connectivity index (χ0v) is 14.2. The third-order valence-electron chi connectivity index (χ3n) is 3.52. The van der Waals surface area contributed by atoms with Gasteiger partial charge in [0.15, 0.2) is 5.13 Å². The van der Waals surface area contributed by atoms with Gasteiger partial charge in [-0.15, -0.1) is 22.7 Å². The first-order valence-corrected chi connectivity index (χ1v) is 8.99. The molecule has 0 radical (unpaired) electrons. The molecule has 2 aromatic rings. The summed E-state index contributed by atoms with van der Waals surface area (Å²) in [6, 6.07) is 3.95. The molecule has 1 unspecified atom stereocenters. The summed E-state index contributed by atoms with van der Waals surface area (Å²) in [5.41, 5.74) is 0. The maximum atomic E-state index is 12.4. The number of nitrogens with zero attached hydrogens (tertiary/aromatic N) is 2. The second kappa shape index (κ2) is 6.76. The molecule has 0 bridgehead atoms. The molecule has 3 heterocycles. The lowest BCUT2D eigenvalue weighted by Gasteiger charge is -2.32. The van der Waals surface area contributed by atoms with E-state index in [-0.39, 0.29) is 12.1 Å². The van der Waals surface area contributed by atoms with E-state index in [1.165, 1.54) is 16.2 Å². The van der Waals surface area contributed by atoms with Gasteiger partial charge in [-0.2, -0.15) is 0 Å². The zero-order chi connectivity index (χ0) is 15.5. The van der Waals surface area contributed by atoms with E-state index in [2.05, 4.69) is 24.1 Å². The third-order valence-corrected chi connectivity index (χ3v) is 5.70. The highest BCUT2D eigenvalue weighted by Gasteiger charge is 2.26. The van der Waals surface area contributed by atoms with Crippen LogP contribution in [0.1, 0.15) is 35.6 Å². The molecule has 0 aromatic carbocycles. The smallest absolute Gasteiger partial charge is 0.323 e. The number of aromatic nitrogens is 1. The molecule has 2 amide bonds. The van der Waals surface area contributed by atoms with E-state index in [0.717, 1.165) is 4.88 Å². The molecule has 5 nitrogen and oxygen atoms in total. The number of rotatable bonds is 3. The van der Waals surface area contributed by atoms with Crippen LogP contribution in [0.15, 0.2) is 23.7 Å². The van der Waals surface area contributed by atoms with Gasteiger partial charge in [0.2, 0.25) is 0 Å². The van der Waals surface area contributed by atoms with Crippen LogP contribution in [-0.4, -0.2) is 35.6 Å². The van der Waals surface area contributed by atoms with E-state index in [1.807, 2.05) is 23.7 Å². The van der Waals surface area contributed by atoms with Crippen LogP contribution in [-0.2, 0) is 4.74 Å². The van der Waals surface area contributed by atoms with E-state index in [9.17, 15) is 4.79 Å². The molecule has 0 aliphatic carbocycles. The van der Waals surface area contributed by atoms with Crippen molar-refractivity contribution in [2.24, 2.45) is 0 Å². The number of hydrogen-bond donors (Lipinski definition) is 1. The fraction of sp³-hybridized carbons (Fsp3) is 0.467. The third kappa shape index (κ3) is 3.48. The number of carbonyl (C=O) groups excluding carboxylic acids is 1. The van der Waals surface area contributed by atoms with Gasteiger partial charge >= 0.3 is 6.03 Å². The molecule has 3 rings (SSSR count). The van der Waals surface area contributed by atoms with Crippen molar-refractivity contribution in [1.82, 2.24) is 9.88 Å². The van der Waals surface area contributed by atoms with Crippen molar-refractivity contribution in [1.29, 1.82) is 0 Å². The van der Waals surface area contributed by atoms with E-state index in [4.69, 9.17) is 4.74 Å². The molecule has 118 valence electrons. The summed E-state index contributed by atoms with van der Waals surface area (Å²) >= 11 is 3.19. The molecule has 7 heteroatoms. The SMILES string of the molecule is CC(C)c1cnc(NC(=O)N2CCOC(c3cccs3)C2)s1. The summed E-state index contributed by atoms with van der Waals surface area (Å²) in [5, 5.41) is 5.58. The normalized spacial score (nSPS) is 18.7. The summed E-state index contributed by atoms with van der Waals surface area (Å²) < 4.78 is 5.76. The second-order valence-electron chi connectivity index (χ2n) is 5.47. The first-order chi connectivity index (χ1) is 10.6. The molecule has 1 saturated heterocycles. The van der Waals surface area contributed by atoms with Crippen LogP contribution in [0, 0.1) is 0 Å². The Labute approximate surface area is 137 Å². The average molecular weight is 337 g/mol. The molecule has 0 spiro atoms. The quantitative estimate of drug-likeness (QED) is 0.923. The lowest BCUT2D eigenvalue weighted by atomic mass is 10.2. The van der Waals surface area contributed by atoms with Crippen LogP contribution < -0.4 is 5.32 Å². The maximum absolute atomic E-state index is 12.4. The van der Waals surface area contributed by atoms with Crippen molar-refractivity contribution in [2.75, 3.05) is 25.0 Å². The molecule has 1 fully saturated rings. The minimum Gasteiger partial charge on any atom is -0.369 e.